The molecule has 0 aromatic heterocycles. The van der Waals surface area contributed by atoms with E-state index in [0.29, 0.717) is 12.2 Å². The first kappa shape index (κ1) is 12.1. The largest absolute Gasteiger partial charge is 0.478 e. The highest BCUT2D eigenvalue weighted by Gasteiger charge is 2.27. The summed E-state index contributed by atoms with van der Waals surface area (Å²) >= 11 is 0. The SMILES string of the molecule is CC1(C)COC(c2ccc(C(=O)O)cc2)CN1. The van der Waals surface area contributed by atoms with Gasteiger partial charge in [0.15, 0.2) is 0 Å². The van der Waals surface area contributed by atoms with Gasteiger partial charge in [0.2, 0.25) is 0 Å². The lowest BCUT2D eigenvalue weighted by molar-refractivity contribution is -0.0229. The zero-order valence-corrected chi connectivity index (χ0v) is 10.1. The summed E-state index contributed by atoms with van der Waals surface area (Å²) in [5.41, 5.74) is 1.33. The van der Waals surface area contributed by atoms with Crippen LogP contribution in [0.5, 0.6) is 0 Å². The summed E-state index contributed by atoms with van der Waals surface area (Å²) in [6.07, 6.45) is 0.00544. The highest BCUT2D eigenvalue weighted by Crippen LogP contribution is 2.23. The van der Waals surface area contributed by atoms with Crippen LogP contribution in [0.1, 0.15) is 35.9 Å². The number of carbonyl (C=O) groups is 1. The van der Waals surface area contributed by atoms with E-state index in [2.05, 4.69) is 19.2 Å². The molecular weight excluding hydrogens is 218 g/mol. The van der Waals surface area contributed by atoms with Crippen molar-refractivity contribution in [1.29, 1.82) is 0 Å². The van der Waals surface area contributed by atoms with Gasteiger partial charge in [-0.15, -0.1) is 0 Å². The molecule has 1 aliphatic heterocycles. The Morgan fingerprint density at radius 2 is 2.06 bits per heavy atom. The van der Waals surface area contributed by atoms with E-state index in [1.165, 1.54) is 0 Å². The van der Waals surface area contributed by atoms with Crippen molar-refractivity contribution in [3.8, 4) is 0 Å². The van der Waals surface area contributed by atoms with Crippen molar-refractivity contribution < 1.29 is 14.6 Å². The van der Waals surface area contributed by atoms with Gasteiger partial charge >= 0.3 is 5.97 Å². The van der Waals surface area contributed by atoms with E-state index in [-0.39, 0.29) is 11.6 Å². The van der Waals surface area contributed by atoms with Crippen LogP contribution in [-0.4, -0.2) is 29.8 Å². The summed E-state index contributed by atoms with van der Waals surface area (Å²) in [7, 11) is 0. The van der Waals surface area contributed by atoms with Crippen LogP contribution in [0.3, 0.4) is 0 Å². The number of hydrogen-bond acceptors (Lipinski definition) is 3. The molecule has 1 atom stereocenters. The summed E-state index contributed by atoms with van der Waals surface area (Å²) in [5.74, 6) is -0.902. The van der Waals surface area contributed by atoms with Crippen LogP contribution in [-0.2, 0) is 4.74 Å². The van der Waals surface area contributed by atoms with E-state index >= 15 is 0 Å². The number of carboxylic acids is 1. The smallest absolute Gasteiger partial charge is 0.335 e. The molecule has 1 aliphatic rings. The number of nitrogens with one attached hydrogen (secondary N) is 1. The molecule has 0 amide bonds. The van der Waals surface area contributed by atoms with Crippen molar-refractivity contribution in [3.63, 3.8) is 0 Å². The van der Waals surface area contributed by atoms with E-state index in [9.17, 15) is 4.79 Å². The number of rotatable bonds is 2. The van der Waals surface area contributed by atoms with Gasteiger partial charge in [-0.3, -0.25) is 0 Å². The molecule has 1 aromatic rings. The minimum absolute atomic E-state index is 0.00544. The maximum atomic E-state index is 10.7. The van der Waals surface area contributed by atoms with Gasteiger partial charge in [-0.25, -0.2) is 4.79 Å². The van der Waals surface area contributed by atoms with Gasteiger partial charge in [0, 0.05) is 12.1 Å². The number of aromatic carboxylic acids is 1. The van der Waals surface area contributed by atoms with E-state index in [1.807, 2.05) is 12.1 Å². The van der Waals surface area contributed by atoms with Crippen LogP contribution < -0.4 is 5.32 Å². The van der Waals surface area contributed by atoms with Gasteiger partial charge in [0.1, 0.15) is 0 Å². The van der Waals surface area contributed by atoms with Gasteiger partial charge in [-0.1, -0.05) is 12.1 Å². The number of ether oxygens (including phenoxy) is 1. The highest BCUT2D eigenvalue weighted by molar-refractivity contribution is 5.87. The maximum Gasteiger partial charge on any atom is 0.335 e. The second-order valence-corrected chi connectivity index (χ2v) is 4.99. The van der Waals surface area contributed by atoms with Crippen molar-refractivity contribution >= 4 is 5.97 Å². The molecule has 4 nitrogen and oxygen atoms in total. The molecule has 17 heavy (non-hydrogen) atoms. The molecule has 1 saturated heterocycles. The first-order valence-corrected chi connectivity index (χ1v) is 5.68. The zero-order valence-electron chi connectivity index (χ0n) is 10.1. The summed E-state index contributed by atoms with van der Waals surface area (Å²) in [6, 6.07) is 6.85. The highest BCUT2D eigenvalue weighted by atomic mass is 16.5. The van der Waals surface area contributed by atoms with Crippen LogP contribution in [0.2, 0.25) is 0 Å². The van der Waals surface area contributed by atoms with Crippen molar-refractivity contribution in [1.82, 2.24) is 5.32 Å². The second kappa shape index (κ2) is 4.47. The van der Waals surface area contributed by atoms with E-state index < -0.39 is 5.97 Å². The van der Waals surface area contributed by atoms with Crippen molar-refractivity contribution in [2.75, 3.05) is 13.2 Å². The van der Waals surface area contributed by atoms with Gasteiger partial charge in [-0.2, -0.15) is 0 Å². The summed E-state index contributed by atoms with van der Waals surface area (Å²) in [6.45, 7) is 5.59. The molecule has 1 unspecified atom stereocenters. The molecule has 1 aromatic carbocycles. The fourth-order valence-corrected chi connectivity index (χ4v) is 1.84. The fraction of sp³-hybridized carbons (Fsp3) is 0.462. The zero-order chi connectivity index (χ0) is 12.5. The molecule has 0 spiro atoms. The molecule has 4 heteroatoms. The van der Waals surface area contributed by atoms with Crippen molar-refractivity contribution in [2.45, 2.75) is 25.5 Å². The lowest BCUT2D eigenvalue weighted by Gasteiger charge is -2.36. The molecule has 0 radical (unpaired) electrons. The summed E-state index contributed by atoms with van der Waals surface area (Å²) in [5, 5.41) is 12.2. The molecule has 1 heterocycles. The monoisotopic (exact) mass is 235 g/mol. The lowest BCUT2D eigenvalue weighted by Crippen LogP contribution is -2.50. The predicted octanol–water partition coefficient (Wildman–Crippen LogP) is 1.82. The van der Waals surface area contributed by atoms with Gasteiger partial charge in [0.05, 0.1) is 18.3 Å². The molecular formula is C13H17NO3. The van der Waals surface area contributed by atoms with Crippen LogP contribution in [0.25, 0.3) is 0 Å². The fourth-order valence-electron chi connectivity index (χ4n) is 1.84. The normalized spacial score (nSPS) is 23.3. The van der Waals surface area contributed by atoms with Crippen molar-refractivity contribution in [3.05, 3.63) is 35.4 Å². The topological polar surface area (TPSA) is 58.6 Å². The Morgan fingerprint density at radius 1 is 1.41 bits per heavy atom. The molecule has 2 rings (SSSR count). The Bertz CT molecular complexity index is 401. The van der Waals surface area contributed by atoms with Gasteiger partial charge in [0.25, 0.3) is 0 Å². The quantitative estimate of drug-likeness (QED) is 0.821. The minimum atomic E-state index is -0.902. The molecule has 0 bridgehead atoms. The molecule has 1 fully saturated rings. The maximum absolute atomic E-state index is 10.7. The third-order valence-electron chi connectivity index (χ3n) is 2.94. The Labute approximate surface area is 101 Å². The molecule has 2 N–H and O–H groups in total. The average molecular weight is 235 g/mol. The average Bonchev–Trinajstić information content (AvgIpc) is 2.29. The Morgan fingerprint density at radius 3 is 2.53 bits per heavy atom. The van der Waals surface area contributed by atoms with Gasteiger partial charge in [-0.05, 0) is 31.5 Å². The third kappa shape index (κ3) is 2.84. The van der Waals surface area contributed by atoms with E-state index in [0.717, 1.165) is 12.1 Å². The van der Waals surface area contributed by atoms with Gasteiger partial charge < -0.3 is 15.2 Å². The van der Waals surface area contributed by atoms with Crippen LogP contribution >= 0.6 is 0 Å². The predicted molar refractivity (Wildman–Crippen MR) is 64.2 cm³/mol. The van der Waals surface area contributed by atoms with Crippen LogP contribution in [0.4, 0.5) is 0 Å². The van der Waals surface area contributed by atoms with E-state index in [1.54, 1.807) is 12.1 Å². The first-order chi connectivity index (χ1) is 7.98. The van der Waals surface area contributed by atoms with Crippen LogP contribution in [0, 0.1) is 0 Å². The standard InChI is InChI=1S/C13H17NO3/c1-13(2)8-17-11(7-14-13)9-3-5-10(6-4-9)12(15)16/h3-6,11,14H,7-8H2,1-2H3,(H,15,16). The number of morpholine rings is 1. The van der Waals surface area contributed by atoms with Crippen LogP contribution in [0.15, 0.2) is 24.3 Å². The lowest BCUT2D eigenvalue weighted by atomic mass is 10.0. The Kier molecular flexibility index (Phi) is 3.17. The summed E-state index contributed by atoms with van der Waals surface area (Å²) < 4.78 is 5.77. The number of hydrogen-bond donors (Lipinski definition) is 2. The van der Waals surface area contributed by atoms with Crippen molar-refractivity contribution in [2.24, 2.45) is 0 Å². The molecule has 0 saturated carbocycles. The third-order valence-corrected chi connectivity index (χ3v) is 2.94. The molecule has 92 valence electrons. The Hall–Kier alpha value is -1.39. The molecule has 0 aliphatic carbocycles. The second-order valence-electron chi connectivity index (χ2n) is 4.99. The number of benzene rings is 1. The van der Waals surface area contributed by atoms with E-state index in [4.69, 9.17) is 9.84 Å². The summed E-state index contributed by atoms with van der Waals surface area (Å²) in [4.78, 5) is 10.7. The Balaban J connectivity index is 2.06. The minimum Gasteiger partial charge on any atom is -0.478 e. The first-order valence-electron chi connectivity index (χ1n) is 5.68. The number of carboxylic acid groups (broad SMARTS) is 1.